The number of rotatable bonds is 5. The zero-order valence-electron chi connectivity index (χ0n) is 15.1. The van der Waals surface area contributed by atoms with Crippen LogP contribution in [0.1, 0.15) is 18.1 Å². The Morgan fingerprint density at radius 3 is 2.70 bits per heavy atom. The van der Waals surface area contributed by atoms with Crippen LogP contribution >= 0.6 is 11.6 Å². The first-order chi connectivity index (χ1) is 13.0. The lowest BCUT2D eigenvalue weighted by molar-refractivity contribution is 0.305. The summed E-state index contributed by atoms with van der Waals surface area (Å²) in [6.07, 6.45) is 1.68. The minimum Gasteiger partial charge on any atom is -0.489 e. The number of pyridine rings is 1. The van der Waals surface area contributed by atoms with Crippen LogP contribution in [0.25, 0.3) is 5.69 Å². The molecule has 0 amide bonds. The number of hydrogen-bond acceptors (Lipinski definition) is 4. The van der Waals surface area contributed by atoms with E-state index in [9.17, 15) is 4.79 Å². The Labute approximate surface area is 162 Å². The summed E-state index contributed by atoms with van der Waals surface area (Å²) in [5.74, 6) is 0.498. The highest BCUT2D eigenvalue weighted by Gasteiger charge is 2.08. The molecule has 0 unspecified atom stereocenters. The highest BCUT2D eigenvalue weighted by atomic mass is 35.5. The molecule has 0 saturated carbocycles. The lowest BCUT2D eigenvalue weighted by Crippen LogP contribution is -2.17. The van der Waals surface area contributed by atoms with Crippen molar-refractivity contribution < 1.29 is 4.74 Å². The van der Waals surface area contributed by atoms with Crippen molar-refractivity contribution in [1.29, 1.82) is 0 Å². The number of aromatic nitrogens is 1. The third kappa shape index (κ3) is 4.38. The number of ether oxygens (including phenoxy) is 1. The molecular weight excluding hydrogens is 362 g/mol. The van der Waals surface area contributed by atoms with E-state index in [2.05, 4.69) is 4.99 Å². The number of benzene rings is 2. The van der Waals surface area contributed by atoms with E-state index in [0.717, 1.165) is 16.8 Å². The summed E-state index contributed by atoms with van der Waals surface area (Å²) in [6, 6.07) is 16.1. The first-order valence-electron chi connectivity index (χ1n) is 8.41. The molecule has 1 heterocycles. The Hall–Kier alpha value is -3.05. The Bertz CT molecular complexity index is 1060. The Morgan fingerprint density at radius 2 is 2.00 bits per heavy atom. The van der Waals surface area contributed by atoms with Gasteiger partial charge in [-0.05, 0) is 48.9 Å². The van der Waals surface area contributed by atoms with Gasteiger partial charge in [-0.2, -0.15) is 0 Å². The Morgan fingerprint density at radius 1 is 1.19 bits per heavy atom. The molecule has 0 bridgehead atoms. The van der Waals surface area contributed by atoms with E-state index in [1.165, 1.54) is 10.6 Å². The first-order valence-corrected chi connectivity index (χ1v) is 8.79. The minimum atomic E-state index is -0.194. The maximum Gasteiger partial charge on any atom is 0.258 e. The molecule has 0 aliphatic heterocycles. The number of aliphatic imine (C=N–C) groups is 1. The van der Waals surface area contributed by atoms with Gasteiger partial charge in [0.05, 0.1) is 0 Å². The fourth-order valence-corrected chi connectivity index (χ4v) is 2.90. The summed E-state index contributed by atoms with van der Waals surface area (Å²) in [7, 11) is 1.71. The molecule has 3 rings (SSSR count). The van der Waals surface area contributed by atoms with Crippen molar-refractivity contribution in [1.82, 2.24) is 4.57 Å². The summed E-state index contributed by atoms with van der Waals surface area (Å²) in [4.78, 5) is 16.7. The van der Waals surface area contributed by atoms with Gasteiger partial charge < -0.3 is 10.5 Å². The number of nitrogens with two attached hydrogens (primary N) is 1. The molecule has 0 atom stereocenters. The van der Waals surface area contributed by atoms with E-state index >= 15 is 0 Å². The van der Waals surface area contributed by atoms with Crippen molar-refractivity contribution >= 4 is 23.0 Å². The zero-order chi connectivity index (χ0) is 19.4. The number of nitrogen functional groups attached to an aromatic ring is 1. The summed E-state index contributed by atoms with van der Waals surface area (Å²) >= 11 is 5.97. The fraction of sp³-hybridized carbons (Fsp3) is 0.143. The van der Waals surface area contributed by atoms with Gasteiger partial charge in [0.1, 0.15) is 12.4 Å². The Kier molecular flexibility index (Phi) is 5.62. The molecule has 0 aliphatic carbocycles. The maximum atomic E-state index is 12.5. The van der Waals surface area contributed by atoms with Crippen LogP contribution in [0.5, 0.6) is 5.75 Å². The van der Waals surface area contributed by atoms with Gasteiger partial charge in [0.25, 0.3) is 5.56 Å². The van der Waals surface area contributed by atoms with Crippen LogP contribution in [0.15, 0.2) is 70.6 Å². The monoisotopic (exact) mass is 381 g/mol. The molecule has 0 radical (unpaired) electrons. The second-order valence-electron chi connectivity index (χ2n) is 6.07. The fourth-order valence-electron chi connectivity index (χ4n) is 2.69. The van der Waals surface area contributed by atoms with E-state index in [-0.39, 0.29) is 5.56 Å². The summed E-state index contributed by atoms with van der Waals surface area (Å²) < 4.78 is 7.25. The van der Waals surface area contributed by atoms with E-state index in [1.54, 1.807) is 37.5 Å². The topological polar surface area (TPSA) is 69.6 Å². The van der Waals surface area contributed by atoms with Gasteiger partial charge >= 0.3 is 0 Å². The van der Waals surface area contributed by atoms with Crippen LogP contribution in [0.2, 0.25) is 5.02 Å². The summed E-state index contributed by atoms with van der Waals surface area (Å²) in [6.45, 7) is 2.22. The highest BCUT2D eigenvalue weighted by molar-refractivity contribution is 6.30. The lowest BCUT2D eigenvalue weighted by atomic mass is 10.1. The molecule has 0 saturated heterocycles. The van der Waals surface area contributed by atoms with Crippen LogP contribution in [0.3, 0.4) is 0 Å². The molecule has 27 heavy (non-hydrogen) atoms. The molecule has 5 nitrogen and oxygen atoms in total. The van der Waals surface area contributed by atoms with Gasteiger partial charge in [-0.3, -0.25) is 14.4 Å². The molecule has 138 valence electrons. The van der Waals surface area contributed by atoms with Crippen molar-refractivity contribution in [2.24, 2.45) is 4.99 Å². The van der Waals surface area contributed by atoms with Crippen LogP contribution in [-0.4, -0.2) is 17.3 Å². The second kappa shape index (κ2) is 8.10. The van der Waals surface area contributed by atoms with Crippen molar-refractivity contribution in [3.8, 4) is 11.4 Å². The van der Waals surface area contributed by atoms with Crippen molar-refractivity contribution in [2.75, 3.05) is 12.8 Å². The van der Waals surface area contributed by atoms with E-state index in [4.69, 9.17) is 22.1 Å². The first kappa shape index (κ1) is 18.7. The van der Waals surface area contributed by atoms with Crippen LogP contribution in [0, 0.1) is 0 Å². The number of nitrogens with zero attached hydrogens (tertiary/aromatic N) is 2. The van der Waals surface area contributed by atoms with E-state index < -0.39 is 0 Å². The average molecular weight is 382 g/mol. The van der Waals surface area contributed by atoms with E-state index in [1.807, 2.05) is 31.2 Å². The van der Waals surface area contributed by atoms with Gasteiger partial charge in [0, 0.05) is 47.0 Å². The van der Waals surface area contributed by atoms with Crippen LogP contribution in [0.4, 0.5) is 5.69 Å². The standard InChI is InChI=1S/C21H20ClN3O2/c1-14(24-2)19-11-17(6-7-20(19)23)25-9-8-18(12-21(25)26)27-13-15-4-3-5-16(22)10-15/h3-12H,13,23H2,1-2H3. The zero-order valence-corrected chi connectivity index (χ0v) is 15.9. The predicted molar refractivity (Wildman–Crippen MR) is 110 cm³/mol. The van der Waals surface area contributed by atoms with Crippen LogP contribution < -0.4 is 16.0 Å². The lowest BCUT2D eigenvalue weighted by Gasteiger charge is -2.12. The molecule has 6 heteroatoms. The molecule has 3 aromatic rings. The van der Waals surface area contributed by atoms with Gasteiger partial charge in [0.2, 0.25) is 0 Å². The minimum absolute atomic E-state index is 0.194. The van der Waals surface area contributed by atoms with Gasteiger partial charge in [-0.25, -0.2) is 0 Å². The smallest absolute Gasteiger partial charge is 0.258 e. The van der Waals surface area contributed by atoms with Crippen molar-refractivity contribution in [3.05, 3.63) is 87.3 Å². The van der Waals surface area contributed by atoms with Gasteiger partial charge in [-0.1, -0.05) is 23.7 Å². The predicted octanol–water partition coefficient (Wildman–Crippen LogP) is 4.09. The van der Waals surface area contributed by atoms with Gasteiger partial charge in [0.15, 0.2) is 0 Å². The number of anilines is 1. The van der Waals surface area contributed by atoms with Crippen molar-refractivity contribution in [3.63, 3.8) is 0 Å². The molecule has 2 aromatic carbocycles. The Balaban J connectivity index is 1.84. The molecule has 0 aliphatic rings. The van der Waals surface area contributed by atoms with E-state index in [0.29, 0.717) is 28.8 Å². The SMILES string of the molecule is CN=C(C)c1cc(-n2ccc(OCc3cccc(Cl)c3)cc2=O)ccc1N. The largest absolute Gasteiger partial charge is 0.489 e. The maximum absolute atomic E-state index is 12.5. The molecule has 0 fully saturated rings. The van der Waals surface area contributed by atoms with Crippen LogP contribution in [-0.2, 0) is 6.61 Å². The normalized spacial score (nSPS) is 11.4. The third-order valence-corrected chi connectivity index (χ3v) is 4.46. The van der Waals surface area contributed by atoms with Gasteiger partial charge in [-0.15, -0.1) is 0 Å². The molecule has 2 N–H and O–H groups in total. The molecule has 0 spiro atoms. The highest BCUT2D eigenvalue weighted by Crippen LogP contribution is 2.19. The number of halogens is 1. The quantitative estimate of drug-likeness (QED) is 0.534. The summed E-state index contributed by atoms with van der Waals surface area (Å²) in [5, 5.41) is 0.650. The van der Waals surface area contributed by atoms with Crippen molar-refractivity contribution in [2.45, 2.75) is 13.5 Å². The third-order valence-electron chi connectivity index (χ3n) is 4.23. The molecule has 1 aromatic heterocycles. The average Bonchev–Trinajstić information content (AvgIpc) is 2.66. The molecular formula is C21H20ClN3O2. The second-order valence-corrected chi connectivity index (χ2v) is 6.51. The number of hydrogen-bond donors (Lipinski definition) is 1. The summed E-state index contributed by atoms with van der Waals surface area (Å²) in [5.41, 5.74) is 9.71.